The monoisotopic (exact) mass is 287 g/mol. The molecule has 1 amide bonds. The van der Waals surface area contributed by atoms with Gasteiger partial charge in [0.25, 0.3) is 5.91 Å². The molecular weight excluding hydrogens is 270 g/mol. The van der Waals surface area contributed by atoms with E-state index in [0.29, 0.717) is 5.56 Å². The van der Waals surface area contributed by atoms with Gasteiger partial charge in [0.2, 0.25) is 0 Å². The summed E-state index contributed by atoms with van der Waals surface area (Å²) >= 11 is 1.56. The first-order chi connectivity index (χ1) is 9.74. The molecule has 0 aliphatic rings. The second-order valence-electron chi connectivity index (χ2n) is 4.07. The number of pyridine rings is 1. The lowest BCUT2D eigenvalue weighted by Crippen LogP contribution is -2.13. The normalized spacial score (nSPS) is 10.1. The number of benzene rings is 1. The quantitative estimate of drug-likeness (QED) is 0.827. The molecule has 20 heavy (non-hydrogen) atoms. The van der Waals surface area contributed by atoms with Crippen LogP contribution in [0, 0.1) is 0 Å². The molecule has 2 N–H and O–H groups in total. The summed E-state index contributed by atoms with van der Waals surface area (Å²) in [5, 5.41) is 6.69. The highest BCUT2D eigenvalue weighted by Crippen LogP contribution is 2.21. The van der Waals surface area contributed by atoms with Crippen LogP contribution >= 0.6 is 11.8 Å². The summed E-state index contributed by atoms with van der Waals surface area (Å²) in [7, 11) is 1.86. The number of amides is 1. The highest BCUT2D eigenvalue weighted by Gasteiger charge is 2.12. The Morgan fingerprint density at radius 1 is 1.20 bits per heavy atom. The molecule has 4 nitrogen and oxygen atoms in total. The van der Waals surface area contributed by atoms with Crippen LogP contribution in [0.4, 0.5) is 11.4 Å². The van der Waals surface area contributed by atoms with Gasteiger partial charge in [-0.15, -0.1) is 11.8 Å². The first kappa shape index (κ1) is 14.4. The molecule has 0 atom stereocenters. The predicted molar refractivity (Wildman–Crippen MR) is 84.6 cm³/mol. The van der Waals surface area contributed by atoms with Gasteiger partial charge in [0.15, 0.2) is 0 Å². The molecule has 1 aromatic heterocycles. The number of aromatic nitrogens is 1. The third-order valence-electron chi connectivity index (χ3n) is 2.73. The van der Waals surface area contributed by atoms with E-state index in [2.05, 4.69) is 15.6 Å². The first-order valence-corrected chi connectivity index (χ1v) is 7.40. The molecule has 104 valence electrons. The van der Waals surface area contributed by atoms with Crippen LogP contribution < -0.4 is 10.6 Å². The summed E-state index contributed by atoms with van der Waals surface area (Å²) in [6, 6.07) is 11.1. The molecule has 0 saturated heterocycles. The molecule has 1 aromatic carbocycles. The average Bonchev–Trinajstić information content (AvgIpc) is 2.49. The van der Waals surface area contributed by atoms with Gasteiger partial charge in [-0.05, 0) is 42.2 Å². The Morgan fingerprint density at radius 2 is 1.90 bits per heavy atom. The van der Waals surface area contributed by atoms with Crippen molar-refractivity contribution in [2.24, 2.45) is 0 Å². The number of hydrogen-bond acceptors (Lipinski definition) is 4. The Bertz CT molecular complexity index is 584. The van der Waals surface area contributed by atoms with Crippen LogP contribution in [0.3, 0.4) is 0 Å². The molecule has 0 saturated carbocycles. The molecular formula is C15H17N3OS. The highest BCUT2D eigenvalue weighted by molar-refractivity contribution is 7.99. The minimum absolute atomic E-state index is 0.133. The van der Waals surface area contributed by atoms with Crippen molar-refractivity contribution >= 4 is 29.0 Å². The number of hydrogen-bond donors (Lipinski definition) is 2. The summed E-state index contributed by atoms with van der Waals surface area (Å²) < 4.78 is 0. The Morgan fingerprint density at radius 3 is 2.55 bits per heavy atom. The van der Waals surface area contributed by atoms with Crippen molar-refractivity contribution in [2.45, 2.75) is 11.9 Å². The lowest BCUT2D eigenvalue weighted by molar-refractivity contribution is 0.102. The molecule has 0 radical (unpaired) electrons. The van der Waals surface area contributed by atoms with Crippen molar-refractivity contribution in [1.29, 1.82) is 0 Å². The van der Waals surface area contributed by atoms with Gasteiger partial charge in [0.05, 0.1) is 5.56 Å². The van der Waals surface area contributed by atoms with Gasteiger partial charge in [-0.25, -0.2) is 4.98 Å². The molecule has 0 unspecified atom stereocenters. The van der Waals surface area contributed by atoms with Gasteiger partial charge in [-0.1, -0.05) is 6.92 Å². The van der Waals surface area contributed by atoms with Crippen molar-refractivity contribution in [1.82, 2.24) is 4.98 Å². The Kier molecular flexibility index (Phi) is 5.01. The topological polar surface area (TPSA) is 54.0 Å². The van der Waals surface area contributed by atoms with Crippen LogP contribution in [0.2, 0.25) is 0 Å². The SMILES string of the molecule is CCSc1ncccc1C(=O)Nc1ccc(NC)cc1. The largest absolute Gasteiger partial charge is 0.388 e. The Labute approximate surface area is 123 Å². The zero-order chi connectivity index (χ0) is 14.4. The fourth-order valence-corrected chi connectivity index (χ4v) is 2.46. The van der Waals surface area contributed by atoms with Gasteiger partial charge < -0.3 is 10.6 Å². The van der Waals surface area contributed by atoms with Crippen LogP contribution in [-0.2, 0) is 0 Å². The standard InChI is InChI=1S/C15H17N3OS/c1-3-20-15-13(5-4-10-17-15)14(19)18-12-8-6-11(16-2)7-9-12/h4-10,16H,3H2,1-2H3,(H,18,19). The maximum Gasteiger partial charge on any atom is 0.258 e. The minimum atomic E-state index is -0.133. The van der Waals surface area contributed by atoms with Crippen LogP contribution in [-0.4, -0.2) is 23.7 Å². The summed E-state index contributed by atoms with van der Waals surface area (Å²) in [5.41, 5.74) is 2.38. The zero-order valence-electron chi connectivity index (χ0n) is 11.5. The van der Waals surface area contributed by atoms with E-state index in [9.17, 15) is 4.79 Å². The van der Waals surface area contributed by atoms with E-state index in [0.717, 1.165) is 22.2 Å². The van der Waals surface area contributed by atoms with Crippen LogP contribution in [0.25, 0.3) is 0 Å². The molecule has 0 aliphatic heterocycles. The van der Waals surface area contributed by atoms with Gasteiger partial charge in [0, 0.05) is 24.6 Å². The van der Waals surface area contributed by atoms with Gasteiger partial charge >= 0.3 is 0 Å². The van der Waals surface area contributed by atoms with E-state index < -0.39 is 0 Å². The molecule has 5 heteroatoms. The predicted octanol–water partition coefficient (Wildman–Crippen LogP) is 3.49. The second-order valence-corrected chi connectivity index (χ2v) is 5.32. The summed E-state index contributed by atoms with van der Waals surface area (Å²) in [4.78, 5) is 16.5. The van der Waals surface area contributed by atoms with E-state index in [4.69, 9.17) is 0 Å². The number of anilines is 2. The van der Waals surface area contributed by atoms with Crippen LogP contribution in [0.1, 0.15) is 17.3 Å². The molecule has 1 heterocycles. The van der Waals surface area contributed by atoms with Crippen molar-refractivity contribution in [3.05, 3.63) is 48.2 Å². The van der Waals surface area contributed by atoms with E-state index >= 15 is 0 Å². The van der Waals surface area contributed by atoms with E-state index in [1.54, 1.807) is 30.1 Å². The number of carbonyl (C=O) groups is 1. The Balaban J connectivity index is 2.15. The molecule has 2 aromatic rings. The summed E-state index contributed by atoms with van der Waals surface area (Å²) in [6.07, 6.45) is 1.70. The summed E-state index contributed by atoms with van der Waals surface area (Å²) in [5.74, 6) is 0.750. The third-order valence-corrected chi connectivity index (χ3v) is 3.62. The first-order valence-electron chi connectivity index (χ1n) is 6.41. The fourth-order valence-electron chi connectivity index (χ4n) is 1.73. The van der Waals surface area contributed by atoms with E-state index in [1.165, 1.54) is 0 Å². The van der Waals surface area contributed by atoms with Crippen LogP contribution in [0.15, 0.2) is 47.6 Å². The fraction of sp³-hybridized carbons (Fsp3) is 0.200. The van der Waals surface area contributed by atoms with E-state index in [1.807, 2.05) is 38.2 Å². The van der Waals surface area contributed by atoms with Crippen molar-refractivity contribution in [2.75, 3.05) is 23.4 Å². The number of carbonyl (C=O) groups excluding carboxylic acids is 1. The van der Waals surface area contributed by atoms with Crippen molar-refractivity contribution < 1.29 is 4.79 Å². The van der Waals surface area contributed by atoms with Gasteiger partial charge in [-0.3, -0.25) is 4.79 Å². The number of thioether (sulfide) groups is 1. The number of rotatable bonds is 5. The van der Waals surface area contributed by atoms with E-state index in [-0.39, 0.29) is 5.91 Å². The lowest BCUT2D eigenvalue weighted by atomic mass is 10.2. The lowest BCUT2D eigenvalue weighted by Gasteiger charge is -2.09. The summed E-state index contributed by atoms with van der Waals surface area (Å²) in [6.45, 7) is 2.04. The second kappa shape index (κ2) is 6.96. The van der Waals surface area contributed by atoms with Crippen LogP contribution in [0.5, 0.6) is 0 Å². The van der Waals surface area contributed by atoms with Crippen molar-refractivity contribution in [3.8, 4) is 0 Å². The number of nitrogens with one attached hydrogen (secondary N) is 2. The minimum Gasteiger partial charge on any atom is -0.388 e. The maximum atomic E-state index is 12.3. The molecule has 0 bridgehead atoms. The molecule has 2 rings (SSSR count). The van der Waals surface area contributed by atoms with Crippen molar-refractivity contribution in [3.63, 3.8) is 0 Å². The third kappa shape index (κ3) is 3.51. The zero-order valence-corrected chi connectivity index (χ0v) is 12.3. The molecule has 0 aliphatic carbocycles. The highest BCUT2D eigenvalue weighted by atomic mass is 32.2. The van der Waals surface area contributed by atoms with Gasteiger partial charge in [-0.2, -0.15) is 0 Å². The maximum absolute atomic E-state index is 12.3. The van der Waals surface area contributed by atoms with Gasteiger partial charge in [0.1, 0.15) is 5.03 Å². The molecule has 0 spiro atoms. The molecule has 0 fully saturated rings. The smallest absolute Gasteiger partial charge is 0.258 e. The number of nitrogens with zero attached hydrogens (tertiary/aromatic N) is 1. The average molecular weight is 287 g/mol. The Hall–Kier alpha value is -2.01.